The van der Waals surface area contributed by atoms with Gasteiger partial charge in [-0.05, 0) is 53.6 Å². The van der Waals surface area contributed by atoms with Crippen molar-refractivity contribution < 1.29 is 30.6 Å². The Bertz CT molecular complexity index is 1240. The van der Waals surface area contributed by atoms with Gasteiger partial charge in [0.15, 0.2) is 5.78 Å². The van der Waals surface area contributed by atoms with Crippen LogP contribution in [0, 0.1) is 0 Å². The van der Waals surface area contributed by atoms with Gasteiger partial charge in [-0.3, -0.25) is 4.79 Å². The largest absolute Gasteiger partial charge is 0.534 e. The molecule has 0 amide bonds. The van der Waals surface area contributed by atoms with E-state index >= 15 is 0 Å². The fraction of sp³-hybridized carbons (Fsp3) is 0.0952. The van der Waals surface area contributed by atoms with Gasteiger partial charge < -0.3 is 4.18 Å². The van der Waals surface area contributed by atoms with Crippen molar-refractivity contribution in [2.45, 2.75) is 11.4 Å². The first-order valence-electron chi connectivity index (χ1n) is 8.74. The maximum atomic E-state index is 13.4. The van der Waals surface area contributed by atoms with Crippen LogP contribution in [0.5, 0.6) is 5.75 Å². The number of rotatable bonds is 6. The topological polar surface area (TPSA) is 60.4 Å². The molecule has 11 heteroatoms. The zero-order chi connectivity index (χ0) is 23.7. The van der Waals surface area contributed by atoms with Gasteiger partial charge in [0.05, 0.1) is 10.9 Å². The lowest BCUT2D eigenvalue weighted by Gasteiger charge is -2.19. The van der Waals surface area contributed by atoms with Gasteiger partial charge in [0, 0.05) is 15.6 Å². The molecule has 0 N–H and O–H groups in total. The molecule has 0 radical (unpaired) electrons. The number of carbonyl (C=O) groups is 1. The number of hydrogen-bond acceptors (Lipinski definition) is 4. The quantitative estimate of drug-likeness (QED) is 0.201. The van der Waals surface area contributed by atoms with Crippen molar-refractivity contribution in [3.05, 3.63) is 98.5 Å². The van der Waals surface area contributed by atoms with Crippen LogP contribution in [0.25, 0.3) is 0 Å². The molecule has 0 aliphatic heterocycles. The molecule has 1 unspecified atom stereocenters. The van der Waals surface area contributed by atoms with E-state index in [1.807, 2.05) is 0 Å². The van der Waals surface area contributed by atoms with Crippen LogP contribution in [0.1, 0.15) is 27.4 Å². The third-order valence-electron chi connectivity index (χ3n) is 4.36. The molecule has 1 atom stereocenters. The highest BCUT2D eigenvalue weighted by Gasteiger charge is 2.48. The smallest absolute Gasteiger partial charge is 0.376 e. The van der Waals surface area contributed by atoms with Gasteiger partial charge >= 0.3 is 15.6 Å². The van der Waals surface area contributed by atoms with E-state index in [4.69, 9.17) is 34.8 Å². The van der Waals surface area contributed by atoms with Gasteiger partial charge in [-0.1, -0.05) is 59.1 Å². The predicted molar refractivity (Wildman–Crippen MR) is 116 cm³/mol. The molecule has 0 fully saturated rings. The molecular formula is C21H12Cl3F3O4S. The average Bonchev–Trinajstić information content (AvgIpc) is 2.69. The van der Waals surface area contributed by atoms with Crippen molar-refractivity contribution in [3.63, 3.8) is 0 Å². The van der Waals surface area contributed by atoms with Crippen LogP contribution in [-0.2, 0) is 10.1 Å². The molecule has 0 aromatic heterocycles. The normalized spacial score (nSPS) is 12.9. The first-order valence-corrected chi connectivity index (χ1v) is 11.3. The van der Waals surface area contributed by atoms with Gasteiger partial charge in [0.1, 0.15) is 5.75 Å². The van der Waals surface area contributed by atoms with Crippen LogP contribution in [0.4, 0.5) is 13.2 Å². The summed E-state index contributed by atoms with van der Waals surface area (Å²) in [6.07, 6.45) is 0. The van der Waals surface area contributed by atoms with Crippen molar-refractivity contribution in [1.82, 2.24) is 0 Å². The minimum absolute atomic E-state index is 0.123. The van der Waals surface area contributed by atoms with Gasteiger partial charge in [0.25, 0.3) is 0 Å². The fourth-order valence-corrected chi connectivity index (χ4v) is 3.97. The summed E-state index contributed by atoms with van der Waals surface area (Å²) < 4.78 is 64.2. The standard InChI is InChI=1S/C21H12Cl3F3O4S/c22-14-5-1-12(2-6-14)19(20(28)17-10-7-15(23)11-18(17)24)13-3-8-16(9-4-13)31-32(29,30)21(25,26)27/h1-11,19H. The molecule has 0 saturated heterocycles. The number of Topliss-reactive ketones (excluding diaryl/α,β-unsaturated/α-hetero) is 1. The lowest BCUT2D eigenvalue weighted by molar-refractivity contribution is -0.0500. The highest BCUT2D eigenvalue weighted by Crippen LogP contribution is 2.34. The lowest BCUT2D eigenvalue weighted by atomic mass is 9.85. The Labute approximate surface area is 196 Å². The Kier molecular flexibility index (Phi) is 7.09. The Morgan fingerprint density at radius 2 is 1.31 bits per heavy atom. The van der Waals surface area contributed by atoms with Crippen LogP contribution in [0.3, 0.4) is 0 Å². The Morgan fingerprint density at radius 1 is 0.812 bits per heavy atom. The lowest BCUT2D eigenvalue weighted by Crippen LogP contribution is -2.28. The highest BCUT2D eigenvalue weighted by atomic mass is 35.5. The summed E-state index contributed by atoms with van der Waals surface area (Å²) in [6.45, 7) is 0. The van der Waals surface area contributed by atoms with Crippen molar-refractivity contribution in [2.75, 3.05) is 0 Å². The number of ketones is 1. The van der Waals surface area contributed by atoms with Crippen molar-refractivity contribution in [2.24, 2.45) is 0 Å². The molecule has 32 heavy (non-hydrogen) atoms. The second-order valence-corrected chi connectivity index (χ2v) is 9.34. The number of halogens is 6. The molecule has 3 rings (SSSR count). The number of benzene rings is 3. The van der Waals surface area contributed by atoms with E-state index in [0.29, 0.717) is 21.2 Å². The van der Waals surface area contributed by atoms with Crippen molar-refractivity contribution in [3.8, 4) is 5.75 Å². The monoisotopic (exact) mass is 522 g/mol. The SMILES string of the molecule is O=C(c1ccc(Cl)cc1Cl)C(c1ccc(Cl)cc1)c1ccc(OS(=O)(=O)C(F)(F)F)cc1. The van der Waals surface area contributed by atoms with Crippen LogP contribution < -0.4 is 4.18 Å². The summed E-state index contributed by atoms with van der Waals surface area (Å²) in [4.78, 5) is 13.4. The fourth-order valence-electron chi connectivity index (χ4n) is 2.88. The summed E-state index contributed by atoms with van der Waals surface area (Å²) in [5.41, 5.74) is -4.50. The first kappa shape index (κ1) is 24.4. The van der Waals surface area contributed by atoms with Gasteiger partial charge in [-0.25, -0.2) is 0 Å². The maximum Gasteiger partial charge on any atom is 0.534 e. The third kappa shape index (κ3) is 5.38. The minimum atomic E-state index is -5.82. The number of alkyl halides is 3. The zero-order valence-corrected chi connectivity index (χ0v) is 18.8. The van der Waals surface area contributed by atoms with E-state index in [9.17, 15) is 26.4 Å². The molecule has 0 heterocycles. The second kappa shape index (κ2) is 9.31. The molecule has 3 aromatic carbocycles. The molecule has 0 bridgehead atoms. The van der Waals surface area contributed by atoms with Crippen molar-refractivity contribution in [1.29, 1.82) is 0 Å². The Balaban J connectivity index is 2.02. The van der Waals surface area contributed by atoms with E-state index in [1.165, 1.54) is 30.3 Å². The molecule has 168 valence electrons. The summed E-state index contributed by atoms with van der Waals surface area (Å²) in [5, 5.41) is 0.894. The van der Waals surface area contributed by atoms with Crippen LogP contribution in [-0.4, -0.2) is 19.7 Å². The first-order chi connectivity index (χ1) is 14.9. The molecule has 4 nitrogen and oxygen atoms in total. The van der Waals surface area contributed by atoms with Gasteiger partial charge in [0.2, 0.25) is 0 Å². The van der Waals surface area contributed by atoms with E-state index in [1.54, 1.807) is 24.3 Å². The van der Waals surface area contributed by atoms with E-state index in [0.717, 1.165) is 12.1 Å². The zero-order valence-electron chi connectivity index (χ0n) is 15.7. The molecule has 0 aliphatic carbocycles. The summed E-state index contributed by atoms with van der Waals surface area (Å²) >= 11 is 18.0. The third-order valence-corrected chi connectivity index (χ3v) is 6.14. The van der Waals surface area contributed by atoms with Crippen molar-refractivity contribution >= 4 is 50.7 Å². The summed E-state index contributed by atoms with van der Waals surface area (Å²) in [6, 6.07) is 15.4. The molecule has 0 saturated carbocycles. The molecule has 3 aromatic rings. The summed E-state index contributed by atoms with van der Waals surface area (Å²) in [5.74, 6) is -1.89. The van der Waals surface area contributed by atoms with E-state index in [-0.39, 0.29) is 10.6 Å². The maximum absolute atomic E-state index is 13.4. The van der Waals surface area contributed by atoms with Gasteiger partial charge in [-0.15, -0.1) is 0 Å². The van der Waals surface area contributed by atoms with Gasteiger partial charge in [-0.2, -0.15) is 21.6 Å². The highest BCUT2D eigenvalue weighted by molar-refractivity contribution is 7.88. The van der Waals surface area contributed by atoms with E-state index < -0.39 is 33.1 Å². The van der Waals surface area contributed by atoms with Crippen LogP contribution in [0.2, 0.25) is 15.1 Å². The number of carbonyl (C=O) groups excluding carboxylic acids is 1. The van der Waals surface area contributed by atoms with Crippen LogP contribution >= 0.6 is 34.8 Å². The molecular weight excluding hydrogens is 512 g/mol. The summed E-state index contributed by atoms with van der Waals surface area (Å²) in [7, 11) is -5.82. The van der Waals surface area contributed by atoms with Crippen LogP contribution in [0.15, 0.2) is 66.7 Å². The number of hydrogen-bond donors (Lipinski definition) is 0. The Morgan fingerprint density at radius 3 is 1.81 bits per heavy atom. The second-order valence-electron chi connectivity index (χ2n) is 6.53. The molecule has 0 spiro atoms. The predicted octanol–water partition coefficient (Wildman–Crippen LogP) is 6.89. The van der Waals surface area contributed by atoms with E-state index in [2.05, 4.69) is 4.18 Å². The molecule has 0 aliphatic rings. The average molecular weight is 524 g/mol. The minimum Gasteiger partial charge on any atom is -0.376 e. The Hall–Kier alpha value is -2.26.